The second-order valence-electron chi connectivity index (χ2n) is 20.3. The number of ether oxygens (including phenoxy) is 1. The van der Waals surface area contributed by atoms with Crippen molar-refractivity contribution in [3.05, 3.63) is 174 Å². The second kappa shape index (κ2) is 14.4. The Balaban J connectivity index is 0.00000490. The molecule has 316 valence electrons. The van der Waals surface area contributed by atoms with Gasteiger partial charge < -0.3 is 9.30 Å². The molecule has 0 amide bonds. The Morgan fingerprint density at radius 1 is 0.581 bits per heavy atom. The summed E-state index contributed by atoms with van der Waals surface area (Å²) in [4.78, 5) is 5.05. The molecule has 5 nitrogen and oxygen atoms in total. The zero-order valence-corrected chi connectivity index (χ0v) is 40.0. The van der Waals surface area contributed by atoms with Crippen LogP contribution in [0.25, 0.3) is 38.8 Å². The quantitative estimate of drug-likeness (QED) is 0.0943. The third kappa shape index (κ3) is 6.42. The van der Waals surface area contributed by atoms with E-state index in [9.17, 15) is 0 Å². The van der Waals surface area contributed by atoms with E-state index in [0.717, 1.165) is 38.9 Å². The van der Waals surface area contributed by atoms with Crippen molar-refractivity contribution in [1.82, 2.24) is 18.7 Å². The summed E-state index contributed by atoms with van der Waals surface area (Å²) in [5.74, 6) is 2.12. The van der Waals surface area contributed by atoms with Gasteiger partial charge in [-0.25, -0.2) is 9.58 Å². The third-order valence-corrected chi connectivity index (χ3v) is 13.0. The molecular weight excluding hydrogens is 940 g/mol. The van der Waals surface area contributed by atoms with Gasteiger partial charge in [-0.3, -0.25) is 0 Å². The summed E-state index contributed by atoms with van der Waals surface area (Å²) in [6.45, 7) is 27.3. The molecule has 0 bridgehead atoms. The molecule has 0 saturated carbocycles. The number of hydrogen-bond donors (Lipinski definition) is 0. The van der Waals surface area contributed by atoms with Gasteiger partial charge in [-0.05, 0) is 92.6 Å². The number of quaternary nitrogens is 2. The van der Waals surface area contributed by atoms with Crippen molar-refractivity contribution >= 4 is 44.6 Å². The van der Waals surface area contributed by atoms with E-state index in [0.29, 0.717) is 20.7 Å². The van der Waals surface area contributed by atoms with Gasteiger partial charge in [-0.2, -0.15) is 16.7 Å². The molecule has 2 aliphatic rings. The fourth-order valence-corrected chi connectivity index (χ4v) is 9.66. The summed E-state index contributed by atoms with van der Waals surface area (Å²) in [6, 6.07) is 51.6. The van der Waals surface area contributed by atoms with E-state index in [-0.39, 0.29) is 37.3 Å². The van der Waals surface area contributed by atoms with Crippen molar-refractivity contribution in [2.24, 2.45) is 0 Å². The molecule has 10 rings (SSSR count). The van der Waals surface area contributed by atoms with Crippen LogP contribution in [0.2, 0.25) is 0 Å². The number of para-hydroxylation sites is 2. The molecule has 0 spiro atoms. The summed E-state index contributed by atoms with van der Waals surface area (Å²) in [6.07, 6.45) is 1.94. The first kappa shape index (κ1) is 42.0. The van der Waals surface area contributed by atoms with Gasteiger partial charge in [0.2, 0.25) is 11.4 Å². The van der Waals surface area contributed by atoms with Gasteiger partial charge in [-0.15, -0.1) is 29.7 Å². The number of rotatable bonds is 6. The summed E-state index contributed by atoms with van der Waals surface area (Å²) in [5.41, 5.74) is 15.8. The Morgan fingerprint density at radius 3 is 1.90 bits per heavy atom. The van der Waals surface area contributed by atoms with Gasteiger partial charge in [0.25, 0.3) is 0 Å². The van der Waals surface area contributed by atoms with Crippen LogP contribution in [0.1, 0.15) is 90.1 Å². The predicted octanol–water partition coefficient (Wildman–Crippen LogP) is 15.1. The minimum absolute atomic E-state index is 0. The molecule has 6 aromatic carbocycles. The van der Waals surface area contributed by atoms with E-state index in [4.69, 9.17) is 9.72 Å². The summed E-state index contributed by atoms with van der Waals surface area (Å²) in [5, 5.41) is 2.26. The van der Waals surface area contributed by atoms with Gasteiger partial charge in [0, 0.05) is 68.5 Å². The second-order valence-corrected chi connectivity index (χ2v) is 20.3. The topological polar surface area (TPSA) is 27.1 Å². The van der Waals surface area contributed by atoms with E-state index in [1.54, 1.807) is 0 Å². The Labute approximate surface area is 382 Å². The molecule has 2 atom stereocenters. The number of pyridine rings is 1. The monoisotopic (exact) mass is 994 g/mol. The largest absolute Gasteiger partial charge is 0.509 e. The molecule has 0 N–H and O–H groups in total. The van der Waals surface area contributed by atoms with E-state index < -0.39 is 0 Å². The maximum Gasteiger partial charge on any atom is 0.225 e. The fraction of sp³-hybridized carbons (Fsp3) is 0.250. The molecule has 1 fully saturated rings. The SMILES string of the molecule is Cc1cc(C(C)(C)C)cc(C)c1-c1ccnc(-n2c3[c-]c(Oc4[c-]c([N+]56[CH-][N@+]5(c5cccc(C(C)(C)C)c5)c5ccccc56)ccc4)ccc3c3ccc(C(C)(C)C)cc32)c1.[Pt]. The van der Waals surface area contributed by atoms with Crippen molar-refractivity contribution < 1.29 is 25.8 Å². The molecule has 2 aliphatic heterocycles. The number of aryl methyl sites for hydroxylation is 2. The summed E-state index contributed by atoms with van der Waals surface area (Å²) < 4.78 is 10.2. The molecule has 62 heavy (non-hydrogen) atoms. The molecule has 0 aliphatic carbocycles. The maximum atomic E-state index is 6.75. The van der Waals surface area contributed by atoms with Crippen molar-refractivity contribution in [2.45, 2.75) is 92.4 Å². The summed E-state index contributed by atoms with van der Waals surface area (Å²) >= 11 is 0. The maximum absolute atomic E-state index is 6.75. The number of nitrogens with zero attached hydrogens (tertiary/aromatic N) is 4. The van der Waals surface area contributed by atoms with Crippen LogP contribution < -0.4 is 13.9 Å². The molecular formula is C56H55N4OPt-. The predicted molar refractivity (Wildman–Crippen MR) is 254 cm³/mol. The minimum atomic E-state index is -0.0315. The Hall–Kier alpha value is -5.32. The zero-order chi connectivity index (χ0) is 42.9. The molecule has 4 heterocycles. The zero-order valence-electron chi connectivity index (χ0n) is 37.7. The van der Waals surface area contributed by atoms with Gasteiger partial charge >= 0.3 is 0 Å². The minimum Gasteiger partial charge on any atom is -0.509 e. The smallest absolute Gasteiger partial charge is 0.225 e. The van der Waals surface area contributed by atoms with E-state index in [1.807, 2.05) is 18.3 Å². The van der Waals surface area contributed by atoms with Crippen LogP contribution in [0.3, 0.4) is 0 Å². The van der Waals surface area contributed by atoms with Crippen LogP contribution in [-0.2, 0) is 37.3 Å². The first-order valence-corrected chi connectivity index (χ1v) is 21.6. The average molecular weight is 995 g/mol. The number of benzene rings is 6. The molecule has 0 radical (unpaired) electrons. The third-order valence-electron chi connectivity index (χ3n) is 13.0. The molecule has 6 heteroatoms. The molecule has 1 unspecified atom stereocenters. The van der Waals surface area contributed by atoms with Crippen molar-refractivity contribution in [2.75, 3.05) is 0 Å². The van der Waals surface area contributed by atoms with Crippen LogP contribution in [0.5, 0.6) is 11.5 Å². The Kier molecular flexibility index (Phi) is 9.73. The van der Waals surface area contributed by atoms with Gasteiger partial charge in [0.1, 0.15) is 5.82 Å². The van der Waals surface area contributed by atoms with Crippen molar-refractivity contribution in [3.8, 4) is 28.4 Å². The van der Waals surface area contributed by atoms with E-state index >= 15 is 0 Å². The Bertz CT molecular complexity index is 3060. The first-order valence-electron chi connectivity index (χ1n) is 21.6. The van der Waals surface area contributed by atoms with Crippen LogP contribution in [0.15, 0.2) is 128 Å². The Morgan fingerprint density at radius 2 is 1.21 bits per heavy atom. The summed E-state index contributed by atoms with van der Waals surface area (Å²) in [7, 11) is 0. The van der Waals surface area contributed by atoms with Gasteiger partial charge in [-0.1, -0.05) is 122 Å². The van der Waals surface area contributed by atoms with Crippen LogP contribution >= 0.6 is 0 Å². The number of hydrogen-bond acceptors (Lipinski definition) is 2. The van der Waals surface area contributed by atoms with Gasteiger partial charge in [0.15, 0.2) is 12.4 Å². The standard InChI is InChI=1S/C56H55N4O.Pt/c1-36-28-41(56(9,10)11)29-37(2)53(36)38-26-27-57-52(30-38)58-48-32-40(55(6,7)8)22-24-46(48)47-25-23-45(34-49(47)58)61-44-19-15-18-43(33-44)60-35-59(60,50-20-12-13-21-51(50)60)42-17-14-16-39(31-42)54(3,4)5;/h12-32,35H,1-11H3;/q-1;/t59-,60?;/m0./s1. The first-order chi connectivity index (χ1) is 28.9. The normalized spacial score (nSPS) is 18.2. The molecule has 8 aromatic rings. The van der Waals surface area contributed by atoms with Crippen LogP contribution in [-0.4, -0.2) is 9.55 Å². The van der Waals surface area contributed by atoms with E-state index in [2.05, 4.69) is 209 Å². The van der Waals surface area contributed by atoms with Crippen LogP contribution in [0, 0.1) is 32.6 Å². The van der Waals surface area contributed by atoms with Crippen molar-refractivity contribution in [3.63, 3.8) is 0 Å². The van der Waals surface area contributed by atoms with E-state index in [1.165, 1.54) is 50.4 Å². The van der Waals surface area contributed by atoms with Crippen molar-refractivity contribution in [1.29, 1.82) is 0 Å². The average Bonchev–Trinajstić information content (AvgIpc) is 3.70. The molecule has 2 aromatic heterocycles. The van der Waals surface area contributed by atoms with Crippen LogP contribution in [0.4, 0.5) is 22.7 Å². The number of fused-ring (bicyclic) bond motifs is 7. The van der Waals surface area contributed by atoms with Gasteiger partial charge in [0.05, 0.1) is 5.69 Å². The fourth-order valence-electron chi connectivity index (χ4n) is 9.66. The number of aromatic nitrogens is 2. The molecule has 1 saturated heterocycles.